The molecule has 2 aromatic carbocycles. The van der Waals surface area contributed by atoms with Crippen molar-refractivity contribution in [2.75, 3.05) is 0 Å². The van der Waals surface area contributed by atoms with Crippen LogP contribution < -0.4 is 4.57 Å². The second kappa shape index (κ2) is 22.6. The fourth-order valence-corrected chi connectivity index (χ4v) is 6.15. The molecule has 1 heterocycles. The summed E-state index contributed by atoms with van der Waals surface area (Å²) in [6, 6.07) is 13.4. The van der Waals surface area contributed by atoms with Gasteiger partial charge in [0.1, 0.15) is 10.1 Å². The maximum Gasteiger partial charge on any atom is 0.344 e. The summed E-state index contributed by atoms with van der Waals surface area (Å²) in [5, 5.41) is 0.400. The minimum Gasteiger partial charge on any atom is -0.744 e. The van der Waals surface area contributed by atoms with Gasteiger partial charge in [0.25, 0.3) is 5.52 Å². The van der Waals surface area contributed by atoms with Gasteiger partial charge >= 0.3 is 5.89 Å². The first-order valence-electron chi connectivity index (χ1n) is 16.9. The number of fused-ring (bicyclic) bond motifs is 1. The smallest absolute Gasteiger partial charge is 0.344 e. The Hall–Kier alpha value is -1.89. The van der Waals surface area contributed by atoms with Crippen molar-refractivity contribution in [2.45, 2.75) is 154 Å². The van der Waals surface area contributed by atoms with Crippen molar-refractivity contribution in [1.29, 1.82) is 0 Å². The summed E-state index contributed by atoms with van der Waals surface area (Å²) >= 11 is 5.46. The maximum atomic E-state index is 10.3. The number of nitrogens with zero attached hydrogens (tertiary/aromatic N) is 1. The molecule has 0 saturated heterocycles. The van der Waals surface area contributed by atoms with Gasteiger partial charge in [-0.15, -0.1) is 0 Å². The zero-order valence-electron chi connectivity index (χ0n) is 26.8. The van der Waals surface area contributed by atoms with Crippen molar-refractivity contribution < 1.29 is 22.0 Å². The molecule has 0 radical (unpaired) electrons. The van der Waals surface area contributed by atoms with E-state index in [0.717, 1.165) is 18.0 Å². The number of para-hydroxylation sites is 2. The van der Waals surface area contributed by atoms with Gasteiger partial charge in [-0.25, -0.2) is 8.42 Å². The van der Waals surface area contributed by atoms with E-state index in [9.17, 15) is 13.0 Å². The number of rotatable bonds is 22. The van der Waals surface area contributed by atoms with E-state index in [1.54, 1.807) is 0 Å². The molecule has 0 fully saturated rings. The highest BCUT2D eigenvalue weighted by Gasteiger charge is 2.17. The number of aromatic nitrogens is 1. The number of hydrogen-bond donors (Lipinski definition) is 0. The third-order valence-electron chi connectivity index (χ3n) is 8.13. The van der Waals surface area contributed by atoms with Crippen molar-refractivity contribution in [3.8, 4) is 0 Å². The van der Waals surface area contributed by atoms with Gasteiger partial charge in [0.15, 0.2) is 6.54 Å². The van der Waals surface area contributed by atoms with E-state index in [0.29, 0.717) is 5.02 Å². The van der Waals surface area contributed by atoms with Gasteiger partial charge in [-0.2, -0.15) is 4.57 Å². The molecular weight excluding hydrogens is 578 g/mol. The average molecular weight is 634 g/mol. The molecule has 0 N–H and O–H groups in total. The Morgan fingerprint density at radius 3 is 1.51 bits per heavy atom. The average Bonchev–Trinajstić information content (AvgIpc) is 3.31. The fourth-order valence-electron chi connectivity index (χ4n) is 5.55. The number of halogens is 1. The van der Waals surface area contributed by atoms with Gasteiger partial charge in [-0.1, -0.05) is 146 Å². The number of aryl methyl sites for hydroxylation is 2. The van der Waals surface area contributed by atoms with Crippen LogP contribution in [0.1, 0.15) is 141 Å². The van der Waals surface area contributed by atoms with E-state index < -0.39 is 10.1 Å². The molecule has 0 bridgehead atoms. The van der Waals surface area contributed by atoms with Crippen molar-refractivity contribution >= 4 is 32.8 Å². The minimum atomic E-state index is -4.33. The summed E-state index contributed by atoms with van der Waals surface area (Å²) in [5.41, 5.74) is 2.25. The highest BCUT2D eigenvalue weighted by atomic mass is 35.5. The Morgan fingerprint density at radius 2 is 1.07 bits per heavy atom. The standard InChI is InChI=1S/C30H52NO.C6H5ClO3S/c1-3-4-5-6-7-8-9-10-11-12-13-14-15-16-17-18-19-20-21-24-27-31-28(2)32-30-26-23-22-25-29(30)31;7-5-1-3-6(4-2-5)11(8,9)10/h22-23,25-26H,3-21,24,27H2,1-2H3;1-4H,(H,8,9,10)/q+1;/p-1. The molecule has 0 aliphatic heterocycles. The molecule has 5 nitrogen and oxygen atoms in total. The van der Waals surface area contributed by atoms with Crippen molar-refractivity contribution in [1.82, 2.24) is 0 Å². The highest BCUT2D eigenvalue weighted by Crippen LogP contribution is 2.16. The predicted octanol–water partition coefficient (Wildman–Crippen LogP) is 11.1. The molecule has 0 saturated carbocycles. The summed E-state index contributed by atoms with van der Waals surface area (Å²) in [7, 11) is -4.33. The van der Waals surface area contributed by atoms with Gasteiger partial charge in [0, 0.05) is 17.5 Å². The van der Waals surface area contributed by atoms with Crippen LogP contribution in [0.4, 0.5) is 0 Å². The van der Waals surface area contributed by atoms with Gasteiger partial charge in [0.05, 0.1) is 11.8 Å². The molecule has 43 heavy (non-hydrogen) atoms. The SMILES string of the molecule is CCCCCCCCCCCCCCCCCCCCCC[n+]1c(C)oc2ccccc21.O=S(=O)([O-])c1ccc(Cl)cc1. The van der Waals surface area contributed by atoms with Crippen LogP contribution >= 0.6 is 11.6 Å². The van der Waals surface area contributed by atoms with E-state index in [-0.39, 0.29) is 4.90 Å². The first-order chi connectivity index (χ1) is 20.8. The molecule has 242 valence electrons. The lowest BCUT2D eigenvalue weighted by Gasteiger charge is -2.05. The lowest BCUT2D eigenvalue weighted by molar-refractivity contribution is -0.683. The van der Waals surface area contributed by atoms with Crippen LogP contribution in [0.5, 0.6) is 0 Å². The maximum absolute atomic E-state index is 10.3. The predicted molar refractivity (Wildman–Crippen MR) is 179 cm³/mol. The van der Waals surface area contributed by atoms with Crippen LogP contribution in [0.2, 0.25) is 5.02 Å². The Balaban J connectivity index is 0.000000490. The van der Waals surface area contributed by atoms with Crippen LogP contribution in [0.15, 0.2) is 57.8 Å². The Labute approximate surface area is 267 Å². The number of unbranched alkanes of at least 4 members (excludes halogenated alkanes) is 19. The molecule has 0 aliphatic rings. The Kier molecular flexibility index (Phi) is 19.6. The number of benzene rings is 2. The van der Waals surface area contributed by atoms with Crippen LogP contribution in [-0.4, -0.2) is 13.0 Å². The zero-order chi connectivity index (χ0) is 31.2. The fraction of sp³-hybridized carbons (Fsp3) is 0.639. The topological polar surface area (TPSA) is 74.2 Å². The van der Waals surface area contributed by atoms with E-state index in [1.807, 2.05) is 6.07 Å². The third-order valence-corrected chi connectivity index (χ3v) is 9.23. The number of hydrogen-bond acceptors (Lipinski definition) is 4. The summed E-state index contributed by atoms with van der Waals surface area (Å²) in [5.74, 6) is 1.03. The van der Waals surface area contributed by atoms with Gasteiger partial charge in [0.2, 0.25) is 5.58 Å². The van der Waals surface area contributed by atoms with E-state index in [4.69, 9.17) is 16.0 Å². The highest BCUT2D eigenvalue weighted by molar-refractivity contribution is 7.85. The molecule has 3 aromatic rings. The van der Waals surface area contributed by atoms with Crippen LogP contribution in [0.3, 0.4) is 0 Å². The Bertz CT molecular complexity index is 1220. The molecule has 7 heteroatoms. The van der Waals surface area contributed by atoms with Crippen molar-refractivity contribution in [3.63, 3.8) is 0 Å². The molecule has 0 amide bonds. The number of oxazole rings is 1. The van der Waals surface area contributed by atoms with Gasteiger partial charge in [-0.3, -0.25) is 0 Å². The largest absolute Gasteiger partial charge is 0.744 e. The molecule has 0 aliphatic carbocycles. The molecule has 0 unspecified atom stereocenters. The van der Waals surface area contributed by atoms with Crippen LogP contribution in [0, 0.1) is 6.92 Å². The quantitative estimate of drug-likeness (QED) is 0.0626. The molecule has 0 spiro atoms. The van der Waals surface area contributed by atoms with Crippen LogP contribution in [0.25, 0.3) is 11.1 Å². The van der Waals surface area contributed by atoms with Crippen molar-refractivity contribution in [3.05, 3.63) is 59.4 Å². The zero-order valence-corrected chi connectivity index (χ0v) is 28.4. The molecule has 1 aromatic heterocycles. The second-order valence-corrected chi connectivity index (χ2v) is 13.7. The Morgan fingerprint density at radius 1 is 0.651 bits per heavy atom. The second-order valence-electron chi connectivity index (χ2n) is 11.9. The summed E-state index contributed by atoms with van der Waals surface area (Å²) < 4.78 is 39.2. The van der Waals surface area contributed by atoms with Crippen LogP contribution in [-0.2, 0) is 16.7 Å². The molecule has 3 rings (SSSR count). The third kappa shape index (κ3) is 16.7. The molecule has 0 atom stereocenters. The first kappa shape index (κ1) is 37.3. The van der Waals surface area contributed by atoms with E-state index in [2.05, 4.69) is 36.6 Å². The van der Waals surface area contributed by atoms with E-state index in [1.165, 1.54) is 158 Å². The first-order valence-corrected chi connectivity index (χ1v) is 18.7. The minimum absolute atomic E-state index is 0.262. The van der Waals surface area contributed by atoms with Gasteiger partial charge < -0.3 is 8.97 Å². The molecular formula is C36H56ClNO4S. The summed E-state index contributed by atoms with van der Waals surface area (Å²) in [4.78, 5) is -0.262. The lowest BCUT2D eigenvalue weighted by atomic mass is 10.0. The van der Waals surface area contributed by atoms with E-state index >= 15 is 0 Å². The summed E-state index contributed by atoms with van der Waals surface area (Å²) in [6.45, 7) is 5.46. The van der Waals surface area contributed by atoms with Gasteiger partial charge in [-0.05, 0) is 36.8 Å². The monoisotopic (exact) mass is 633 g/mol. The normalized spacial score (nSPS) is 11.5. The van der Waals surface area contributed by atoms with Crippen molar-refractivity contribution in [2.24, 2.45) is 0 Å². The lowest BCUT2D eigenvalue weighted by Crippen LogP contribution is -2.35. The summed E-state index contributed by atoms with van der Waals surface area (Å²) in [6.07, 6.45) is 28.7.